The molecule has 25 heavy (non-hydrogen) atoms. The van der Waals surface area contributed by atoms with Crippen molar-refractivity contribution in [2.24, 2.45) is 0 Å². The van der Waals surface area contributed by atoms with Gasteiger partial charge in [0.15, 0.2) is 0 Å². The van der Waals surface area contributed by atoms with Crippen LogP contribution in [0.3, 0.4) is 0 Å². The lowest BCUT2D eigenvalue weighted by molar-refractivity contribution is 0.0946. The lowest BCUT2D eigenvalue weighted by Crippen LogP contribution is -2.23. The molecule has 2 N–H and O–H groups in total. The van der Waals surface area contributed by atoms with E-state index in [4.69, 9.17) is 0 Å². The summed E-state index contributed by atoms with van der Waals surface area (Å²) in [4.78, 5) is 15.3. The van der Waals surface area contributed by atoms with Crippen molar-refractivity contribution in [1.82, 2.24) is 20.1 Å². The number of para-hydroxylation sites is 1. The Balaban J connectivity index is 1.45. The van der Waals surface area contributed by atoms with Crippen molar-refractivity contribution < 1.29 is 9.18 Å². The number of carbonyl (C=O) groups is 1. The second-order valence-electron chi connectivity index (χ2n) is 5.68. The van der Waals surface area contributed by atoms with E-state index in [9.17, 15) is 9.18 Å². The first kappa shape index (κ1) is 15.1. The maximum atomic E-state index is 13.2. The van der Waals surface area contributed by atoms with Crippen LogP contribution in [-0.2, 0) is 6.54 Å². The van der Waals surface area contributed by atoms with Crippen LogP contribution in [0.15, 0.2) is 66.9 Å². The predicted octanol–water partition coefficient (Wildman–Crippen LogP) is 3.42. The van der Waals surface area contributed by atoms with E-state index >= 15 is 0 Å². The summed E-state index contributed by atoms with van der Waals surface area (Å²) in [5.74, 6) is -0.587. The third-order valence-corrected chi connectivity index (χ3v) is 3.92. The molecule has 2 aromatic carbocycles. The number of amides is 1. The second kappa shape index (κ2) is 6.24. The number of carbonyl (C=O) groups excluding carboxylic acids is 1. The summed E-state index contributed by atoms with van der Waals surface area (Å²) in [5.41, 5.74) is 2.82. The van der Waals surface area contributed by atoms with Gasteiger partial charge in [0.1, 0.15) is 11.5 Å². The van der Waals surface area contributed by atoms with Crippen molar-refractivity contribution >= 4 is 16.8 Å². The topological polar surface area (TPSA) is 62.7 Å². The first-order valence-electron chi connectivity index (χ1n) is 7.85. The zero-order chi connectivity index (χ0) is 17.2. The largest absolute Gasteiger partial charge is 0.351 e. The molecule has 6 heteroatoms. The molecule has 0 fully saturated rings. The van der Waals surface area contributed by atoms with Crippen molar-refractivity contribution in [3.63, 3.8) is 0 Å². The Morgan fingerprint density at radius 3 is 2.80 bits per heavy atom. The number of nitrogens with zero attached hydrogens (tertiary/aromatic N) is 2. The van der Waals surface area contributed by atoms with Crippen LogP contribution in [0.25, 0.3) is 16.6 Å². The van der Waals surface area contributed by atoms with Crippen molar-refractivity contribution in [1.29, 1.82) is 0 Å². The summed E-state index contributed by atoms with van der Waals surface area (Å²) in [5, 5.41) is 7.92. The molecule has 0 spiro atoms. The highest BCUT2D eigenvalue weighted by atomic mass is 19.1. The molecule has 124 valence electrons. The number of nitrogens with one attached hydrogen (secondary N) is 2. The number of halogens is 1. The highest BCUT2D eigenvalue weighted by Crippen LogP contribution is 2.16. The lowest BCUT2D eigenvalue weighted by atomic mass is 10.2. The van der Waals surface area contributed by atoms with E-state index < -0.39 is 0 Å². The van der Waals surface area contributed by atoms with E-state index in [0.29, 0.717) is 17.6 Å². The zero-order valence-electron chi connectivity index (χ0n) is 13.2. The molecule has 5 nitrogen and oxygen atoms in total. The first-order valence-corrected chi connectivity index (χ1v) is 7.85. The molecule has 2 aromatic heterocycles. The van der Waals surface area contributed by atoms with E-state index in [1.54, 1.807) is 16.8 Å². The molecule has 0 unspecified atom stereocenters. The van der Waals surface area contributed by atoms with Gasteiger partial charge < -0.3 is 10.3 Å². The number of aromatic nitrogens is 3. The molecular weight excluding hydrogens is 319 g/mol. The number of benzene rings is 2. The quantitative estimate of drug-likeness (QED) is 0.601. The number of hydrogen-bond donors (Lipinski definition) is 2. The third-order valence-electron chi connectivity index (χ3n) is 3.92. The van der Waals surface area contributed by atoms with Gasteiger partial charge in [-0.1, -0.05) is 18.2 Å². The molecule has 0 aliphatic rings. The Hall–Kier alpha value is -3.41. The van der Waals surface area contributed by atoms with Crippen LogP contribution in [-0.4, -0.2) is 20.7 Å². The van der Waals surface area contributed by atoms with Gasteiger partial charge in [-0.25, -0.2) is 9.07 Å². The normalized spacial score (nSPS) is 10.9. The minimum Gasteiger partial charge on any atom is -0.351 e. The van der Waals surface area contributed by atoms with Crippen LogP contribution in [0.2, 0.25) is 0 Å². The average Bonchev–Trinajstić information content (AvgIpc) is 3.27. The maximum Gasteiger partial charge on any atom is 0.268 e. The Morgan fingerprint density at radius 2 is 1.96 bits per heavy atom. The van der Waals surface area contributed by atoms with Crippen LogP contribution in [0, 0.1) is 5.82 Å². The van der Waals surface area contributed by atoms with Crippen molar-refractivity contribution in [3.8, 4) is 5.69 Å². The summed E-state index contributed by atoms with van der Waals surface area (Å²) in [6.07, 6.45) is 1.85. The summed E-state index contributed by atoms with van der Waals surface area (Å²) >= 11 is 0. The van der Waals surface area contributed by atoms with Crippen LogP contribution < -0.4 is 5.32 Å². The average molecular weight is 334 g/mol. The SMILES string of the molecule is O=C(NCc1ccn(-c2ccccc2)n1)c1cc2cc(F)ccc2[nH]1. The van der Waals surface area contributed by atoms with E-state index in [1.165, 1.54) is 12.1 Å². The molecule has 0 saturated heterocycles. The highest BCUT2D eigenvalue weighted by Gasteiger charge is 2.10. The first-order chi connectivity index (χ1) is 12.2. The zero-order valence-corrected chi connectivity index (χ0v) is 13.2. The van der Waals surface area contributed by atoms with Gasteiger partial charge in [-0.2, -0.15) is 5.10 Å². The predicted molar refractivity (Wildman–Crippen MR) is 93.0 cm³/mol. The number of hydrogen-bond acceptors (Lipinski definition) is 2. The van der Waals surface area contributed by atoms with Gasteiger partial charge in [-0.05, 0) is 42.5 Å². The van der Waals surface area contributed by atoms with Crippen molar-refractivity contribution in [2.75, 3.05) is 0 Å². The molecule has 0 atom stereocenters. The number of H-pyrrole nitrogens is 1. The van der Waals surface area contributed by atoms with Crippen LogP contribution >= 0.6 is 0 Å². The summed E-state index contributed by atoms with van der Waals surface area (Å²) in [6, 6.07) is 17.6. The molecule has 0 radical (unpaired) electrons. The third kappa shape index (κ3) is 3.14. The molecule has 2 heterocycles. The smallest absolute Gasteiger partial charge is 0.268 e. The highest BCUT2D eigenvalue weighted by molar-refractivity contribution is 5.97. The van der Waals surface area contributed by atoms with Gasteiger partial charge in [0, 0.05) is 17.1 Å². The van der Waals surface area contributed by atoms with E-state index in [-0.39, 0.29) is 11.7 Å². The van der Waals surface area contributed by atoms with Crippen LogP contribution in [0.1, 0.15) is 16.2 Å². The molecule has 1 amide bonds. The van der Waals surface area contributed by atoms with Gasteiger partial charge in [-0.3, -0.25) is 4.79 Å². The van der Waals surface area contributed by atoms with Gasteiger partial charge in [0.2, 0.25) is 0 Å². The van der Waals surface area contributed by atoms with E-state index in [1.807, 2.05) is 42.6 Å². The molecule has 4 rings (SSSR count). The Bertz CT molecular complexity index is 1040. The fourth-order valence-electron chi connectivity index (χ4n) is 2.67. The lowest BCUT2D eigenvalue weighted by Gasteiger charge is -2.02. The molecule has 0 aliphatic carbocycles. The van der Waals surface area contributed by atoms with Gasteiger partial charge in [0.05, 0.1) is 17.9 Å². The Morgan fingerprint density at radius 1 is 1.12 bits per heavy atom. The number of rotatable bonds is 4. The maximum absolute atomic E-state index is 13.2. The van der Waals surface area contributed by atoms with E-state index in [2.05, 4.69) is 15.4 Å². The van der Waals surface area contributed by atoms with Gasteiger partial charge >= 0.3 is 0 Å². The van der Waals surface area contributed by atoms with Crippen LogP contribution in [0.5, 0.6) is 0 Å². The second-order valence-corrected chi connectivity index (χ2v) is 5.68. The summed E-state index contributed by atoms with van der Waals surface area (Å²) in [7, 11) is 0. The standard InChI is InChI=1S/C19H15FN4O/c20-14-6-7-17-13(10-14)11-18(22-17)19(25)21-12-15-8-9-24(23-15)16-4-2-1-3-5-16/h1-11,22H,12H2,(H,21,25). The number of fused-ring (bicyclic) bond motifs is 1. The molecular formula is C19H15FN4O. The van der Waals surface area contributed by atoms with Crippen molar-refractivity contribution in [3.05, 3.63) is 84.1 Å². The van der Waals surface area contributed by atoms with Crippen molar-refractivity contribution in [2.45, 2.75) is 6.54 Å². The number of aromatic amines is 1. The van der Waals surface area contributed by atoms with Gasteiger partial charge in [-0.15, -0.1) is 0 Å². The summed E-state index contributed by atoms with van der Waals surface area (Å²) < 4.78 is 15.0. The molecule has 4 aromatic rings. The fraction of sp³-hybridized carbons (Fsp3) is 0.0526. The van der Waals surface area contributed by atoms with Crippen LogP contribution in [0.4, 0.5) is 4.39 Å². The molecule has 0 saturated carbocycles. The van der Waals surface area contributed by atoms with Gasteiger partial charge in [0.25, 0.3) is 5.91 Å². The molecule has 0 bridgehead atoms. The Kier molecular flexibility index (Phi) is 3.78. The summed E-state index contributed by atoms with van der Waals surface area (Å²) in [6.45, 7) is 0.308. The fourth-order valence-corrected chi connectivity index (χ4v) is 2.67. The minimum atomic E-state index is -0.329. The Labute approximate surface area is 143 Å². The van der Waals surface area contributed by atoms with E-state index in [0.717, 1.165) is 16.9 Å². The minimum absolute atomic E-state index is 0.258. The monoisotopic (exact) mass is 334 g/mol. The molecule has 0 aliphatic heterocycles.